The number of hydrogen-bond donors (Lipinski definition) is 1. The fourth-order valence-electron chi connectivity index (χ4n) is 5.55. The highest BCUT2D eigenvalue weighted by Gasteiger charge is 2.40. The van der Waals surface area contributed by atoms with Gasteiger partial charge in [0.25, 0.3) is 0 Å². The average molecular weight is 491 g/mol. The quantitative estimate of drug-likeness (QED) is 0.302. The molecule has 0 saturated heterocycles. The number of rotatable bonds is 4. The third-order valence-electron chi connectivity index (χ3n) is 7.85. The number of pyridine rings is 1. The van der Waals surface area contributed by atoms with Crippen LogP contribution in [-0.4, -0.2) is 30.6 Å². The van der Waals surface area contributed by atoms with E-state index in [1.807, 2.05) is 24.4 Å². The van der Waals surface area contributed by atoms with E-state index in [1.54, 1.807) is 18.3 Å². The summed E-state index contributed by atoms with van der Waals surface area (Å²) < 4.78 is 2.23. The van der Waals surface area contributed by atoms with Crippen molar-refractivity contribution in [1.82, 2.24) is 19.5 Å². The minimum absolute atomic E-state index is 0.0181. The maximum Gasteiger partial charge on any atom is 0.335 e. The molecule has 0 fully saturated rings. The van der Waals surface area contributed by atoms with E-state index in [-0.39, 0.29) is 16.4 Å². The normalized spacial score (nSPS) is 16.1. The molecular formula is C31H30N4O2. The third kappa shape index (κ3) is 3.88. The number of nitrogens with zero attached hydrogens (tertiary/aromatic N) is 4. The zero-order chi connectivity index (χ0) is 25.9. The largest absolute Gasteiger partial charge is 0.478 e. The predicted octanol–water partition coefficient (Wildman–Crippen LogP) is 6.74. The highest BCUT2D eigenvalue weighted by molar-refractivity contribution is 6.09. The van der Waals surface area contributed by atoms with Gasteiger partial charge in [-0.2, -0.15) is 0 Å². The van der Waals surface area contributed by atoms with Gasteiger partial charge in [-0.25, -0.2) is 14.8 Å². The summed E-state index contributed by atoms with van der Waals surface area (Å²) >= 11 is 0. The average Bonchev–Trinajstić information content (AvgIpc) is 3.25. The number of aromatic carboxylic acids is 1. The molecule has 6 rings (SSSR count). The van der Waals surface area contributed by atoms with E-state index >= 15 is 0 Å². The summed E-state index contributed by atoms with van der Waals surface area (Å²) in [4.78, 5) is 26.3. The molecule has 1 N–H and O–H groups in total. The van der Waals surface area contributed by atoms with Gasteiger partial charge in [-0.1, -0.05) is 45.9 Å². The van der Waals surface area contributed by atoms with Crippen molar-refractivity contribution in [3.05, 3.63) is 89.6 Å². The Labute approximate surface area is 216 Å². The van der Waals surface area contributed by atoms with E-state index in [2.05, 4.69) is 61.6 Å². The number of carbonyl (C=O) groups is 1. The Morgan fingerprint density at radius 2 is 1.65 bits per heavy atom. The van der Waals surface area contributed by atoms with Gasteiger partial charge in [0.1, 0.15) is 5.52 Å². The molecule has 186 valence electrons. The molecule has 6 nitrogen and oxygen atoms in total. The Bertz CT molecular complexity index is 1670. The molecule has 0 radical (unpaired) electrons. The molecule has 1 aliphatic rings. The van der Waals surface area contributed by atoms with E-state index in [9.17, 15) is 9.90 Å². The van der Waals surface area contributed by atoms with Crippen LogP contribution in [0.25, 0.3) is 33.1 Å². The molecule has 2 aromatic carbocycles. The summed E-state index contributed by atoms with van der Waals surface area (Å²) in [5, 5.41) is 10.4. The first-order chi connectivity index (χ1) is 17.6. The summed E-state index contributed by atoms with van der Waals surface area (Å²) in [5.41, 5.74) is 8.33. The smallest absolute Gasteiger partial charge is 0.335 e. The minimum Gasteiger partial charge on any atom is -0.478 e. The van der Waals surface area contributed by atoms with Gasteiger partial charge in [-0.3, -0.25) is 4.98 Å². The van der Waals surface area contributed by atoms with Gasteiger partial charge in [0, 0.05) is 46.9 Å². The number of carboxylic acid groups (broad SMARTS) is 1. The summed E-state index contributed by atoms with van der Waals surface area (Å²) in [5.74, 6) is -0.929. The van der Waals surface area contributed by atoms with Crippen LogP contribution in [0.15, 0.2) is 67.1 Å². The summed E-state index contributed by atoms with van der Waals surface area (Å²) in [6.45, 7) is 9.72. The van der Waals surface area contributed by atoms with Crippen molar-refractivity contribution in [2.45, 2.75) is 57.9 Å². The second-order valence-corrected chi connectivity index (χ2v) is 11.4. The fourth-order valence-corrected chi connectivity index (χ4v) is 5.55. The van der Waals surface area contributed by atoms with Crippen LogP contribution in [0, 0.1) is 0 Å². The molecule has 0 amide bonds. The molecule has 0 unspecified atom stereocenters. The van der Waals surface area contributed by atoms with E-state index in [4.69, 9.17) is 9.97 Å². The summed E-state index contributed by atoms with van der Waals surface area (Å²) in [6, 6.07) is 15.3. The van der Waals surface area contributed by atoms with Crippen molar-refractivity contribution in [2.75, 3.05) is 0 Å². The molecule has 6 heteroatoms. The zero-order valence-electron chi connectivity index (χ0n) is 21.6. The first-order valence-electron chi connectivity index (χ1n) is 12.7. The SMILES string of the molecule is CC1(C)CCC(C)(C)c2nc3c(ccc4c(-c5ccc(C(=O)O)cc5)cn(Cc5cccnc5)c43)nc21. The van der Waals surface area contributed by atoms with Crippen LogP contribution < -0.4 is 0 Å². The van der Waals surface area contributed by atoms with Crippen molar-refractivity contribution in [2.24, 2.45) is 0 Å². The molecule has 0 saturated carbocycles. The second-order valence-electron chi connectivity index (χ2n) is 11.4. The second kappa shape index (κ2) is 8.23. The van der Waals surface area contributed by atoms with Crippen LogP contribution in [0.1, 0.15) is 67.8 Å². The predicted molar refractivity (Wildman–Crippen MR) is 146 cm³/mol. The lowest BCUT2D eigenvalue weighted by molar-refractivity contribution is 0.0697. The lowest BCUT2D eigenvalue weighted by Crippen LogP contribution is -2.36. The van der Waals surface area contributed by atoms with E-state index in [1.165, 1.54) is 0 Å². The number of hydrogen-bond acceptors (Lipinski definition) is 4. The van der Waals surface area contributed by atoms with E-state index in [0.717, 1.165) is 62.9 Å². The number of fused-ring (bicyclic) bond motifs is 4. The van der Waals surface area contributed by atoms with Crippen LogP contribution in [0.3, 0.4) is 0 Å². The fraction of sp³-hybridized carbons (Fsp3) is 0.290. The third-order valence-corrected chi connectivity index (χ3v) is 7.85. The number of carboxylic acids is 1. The molecule has 0 aliphatic heterocycles. The van der Waals surface area contributed by atoms with Gasteiger partial charge in [-0.05, 0) is 54.3 Å². The lowest BCUT2D eigenvalue weighted by atomic mass is 9.67. The topological polar surface area (TPSA) is 80.9 Å². The van der Waals surface area contributed by atoms with Crippen molar-refractivity contribution >= 4 is 27.9 Å². The maximum absolute atomic E-state index is 11.4. The lowest BCUT2D eigenvalue weighted by Gasteiger charge is -2.39. The van der Waals surface area contributed by atoms with Crippen LogP contribution in [-0.2, 0) is 17.4 Å². The van der Waals surface area contributed by atoms with E-state index in [0.29, 0.717) is 6.54 Å². The molecule has 1 aliphatic carbocycles. The van der Waals surface area contributed by atoms with E-state index < -0.39 is 5.97 Å². The molecule has 37 heavy (non-hydrogen) atoms. The molecule has 3 heterocycles. The Balaban J connectivity index is 1.64. The number of benzene rings is 2. The molecule has 3 aromatic heterocycles. The van der Waals surface area contributed by atoms with Crippen LogP contribution in [0.4, 0.5) is 0 Å². The van der Waals surface area contributed by atoms with Gasteiger partial charge >= 0.3 is 5.97 Å². The summed E-state index contributed by atoms with van der Waals surface area (Å²) in [6.07, 6.45) is 7.97. The van der Waals surface area contributed by atoms with Crippen molar-refractivity contribution < 1.29 is 9.90 Å². The monoisotopic (exact) mass is 490 g/mol. The Morgan fingerprint density at radius 1 is 0.946 bits per heavy atom. The van der Waals surface area contributed by atoms with Gasteiger partial charge in [-0.15, -0.1) is 0 Å². The minimum atomic E-state index is -0.929. The standard InChI is InChI=1S/C31H30N4O2/c1-30(2)13-14-31(3,4)28-27(30)33-24-12-11-22-23(20-7-9-21(10-8-20)29(36)37)18-35(26(22)25(24)34-28)17-19-6-5-15-32-16-19/h5-12,15-16,18H,13-14,17H2,1-4H3,(H,36,37). The molecular weight excluding hydrogens is 460 g/mol. The maximum atomic E-state index is 11.4. The van der Waals surface area contributed by atoms with Crippen molar-refractivity contribution in [1.29, 1.82) is 0 Å². The van der Waals surface area contributed by atoms with Gasteiger partial charge in [0.15, 0.2) is 0 Å². The first kappa shape index (κ1) is 23.3. The van der Waals surface area contributed by atoms with Gasteiger partial charge < -0.3 is 9.67 Å². The van der Waals surface area contributed by atoms with Crippen molar-refractivity contribution in [3.8, 4) is 11.1 Å². The summed E-state index contributed by atoms with van der Waals surface area (Å²) in [7, 11) is 0. The first-order valence-corrected chi connectivity index (χ1v) is 12.7. The van der Waals surface area contributed by atoms with Crippen LogP contribution in [0.5, 0.6) is 0 Å². The molecule has 5 aromatic rings. The zero-order valence-corrected chi connectivity index (χ0v) is 21.6. The number of aromatic nitrogens is 4. The Morgan fingerprint density at radius 3 is 2.30 bits per heavy atom. The molecule has 0 bridgehead atoms. The molecule has 0 spiro atoms. The molecule has 0 atom stereocenters. The van der Waals surface area contributed by atoms with Gasteiger partial charge in [0.05, 0.1) is 28.0 Å². The van der Waals surface area contributed by atoms with Gasteiger partial charge in [0.2, 0.25) is 0 Å². The highest BCUT2D eigenvalue weighted by Crippen LogP contribution is 2.45. The highest BCUT2D eigenvalue weighted by atomic mass is 16.4. The van der Waals surface area contributed by atoms with Crippen LogP contribution in [0.2, 0.25) is 0 Å². The Kier molecular flexibility index (Phi) is 5.19. The van der Waals surface area contributed by atoms with Crippen LogP contribution >= 0.6 is 0 Å². The van der Waals surface area contributed by atoms with Crippen molar-refractivity contribution in [3.63, 3.8) is 0 Å². The Hall–Kier alpha value is -4.06.